The number of nitrogens with zero attached hydrogens (tertiary/aromatic N) is 2. The van der Waals surface area contributed by atoms with E-state index in [2.05, 4.69) is 34.5 Å². The molecule has 9 heteroatoms. The van der Waals surface area contributed by atoms with Crippen LogP contribution in [0.25, 0.3) is 0 Å². The topological polar surface area (TPSA) is 111 Å². The molecule has 2 heterocycles. The summed E-state index contributed by atoms with van der Waals surface area (Å²) in [5.74, 6) is -2.13. The van der Waals surface area contributed by atoms with Crippen molar-refractivity contribution in [2.75, 3.05) is 20.2 Å². The molecule has 1 fully saturated rings. The van der Waals surface area contributed by atoms with Gasteiger partial charge in [0.15, 0.2) is 0 Å². The highest BCUT2D eigenvalue weighted by molar-refractivity contribution is 6.00. The summed E-state index contributed by atoms with van der Waals surface area (Å²) in [5.41, 5.74) is 3.19. The SMILES string of the molecule is COC(=O)C1=C(C)NC(C)=C(C(=O)OC2(C)CCN(C(c3ccccc3)c3ccccc3)C2)[C@H]1c1cccc([N+](=O)[O-])c1. The number of likely N-dealkylation sites (tertiary alicyclic amines) is 1. The molecular weight excluding hydrogens is 546 g/mol. The van der Waals surface area contributed by atoms with Crippen molar-refractivity contribution in [3.63, 3.8) is 0 Å². The van der Waals surface area contributed by atoms with E-state index in [1.807, 2.05) is 43.3 Å². The first-order chi connectivity index (χ1) is 20.6. The average molecular weight is 582 g/mol. The molecule has 3 aromatic rings. The van der Waals surface area contributed by atoms with E-state index in [0.29, 0.717) is 36.5 Å². The van der Waals surface area contributed by atoms with E-state index in [4.69, 9.17) is 9.47 Å². The zero-order valence-electron chi connectivity index (χ0n) is 24.7. The van der Waals surface area contributed by atoms with E-state index >= 15 is 0 Å². The molecule has 0 amide bonds. The standard InChI is InChI=1S/C34H35N3O6/c1-22-28(32(38)42-4)30(26-16-11-17-27(20-26)37(40)41)29(23(2)35-22)33(39)43-34(3)18-19-36(21-34)31(24-12-7-5-8-13-24)25-14-9-6-10-15-25/h5-17,20,30-31,35H,18-19,21H2,1-4H3/t30-,34?/m0/s1. The summed E-state index contributed by atoms with van der Waals surface area (Å²) in [6.07, 6.45) is 0.606. The second kappa shape index (κ2) is 12.2. The van der Waals surface area contributed by atoms with Crippen LogP contribution in [0.1, 0.15) is 55.8 Å². The van der Waals surface area contributed by atoms with E-state index in [1.165, 1.54) is 19.2 Å². The maximum atomic E-state index is 14.1. The van der Waals surface area contributed by atoms with Gasteiger partial charge < -0.3 is 14.8 Å². The van der Waals surface area contributed by atoms with Crippen LogP contribution < -0.4 is 5.32 Å². The number of rotatable bonds is 8. The molecule has 1 unspecified atom stereocenters. The fraction of sp³-hybridized carbons (Fsp3) is 0.294. The van der Waals surface area contributed by atoms with Crippen molar-refractivity contribution >= 4 is 17.6 Å². The second-order valence-corrected chi connectivity index (χ2v) is 11.3. The first-order valence-corrected chi connectivity index (χ1v) is 14.2. The molecule has 43 heavy (non-hydrogen) atoms. The molecule has 2 aliphatic heterocycles. The Morgan fingerprint density at radius 1 is 0.930 bits per heavy atom. The van der Waals surface area contributed by atoms with Crippen molar-refractivity contribution in [1.82, 2.24) is 10.2 Å². The first kappa shape index (κ1) is 29.7. The number of ether oxygens (including phenoxy) is 2. The van der Waals surface area contributed by atoms with E-state index in [-0.39, 0.29) is 22.9 Å². The quantitative estimate of drug-likeness (QED) is 0.202. The average Bonchev–Trinajstić information content (AvgIpc) is 3.38. The lowest BCUT2D eigenvalue weighted by Crippen LogP contribution is -2.39. The Bertz CT molecular complexity index is 1560. The number of carbonyl (C=O) groups excluding carboxylic acids is 2. The fourth-order valence-corrected chi connectivity index (χ4v) is 6.23. The van der Waals surface area contributed by atoms with E-state index in [9.17, 15) is 19.7 Å². The molecule has 5 rings (SSSR count). The van der Waals surface area contributed by atoms with Gasteiger partial charge in [0.2, 0.25) is 0 Å². The largest absolute Gasteiger partial charge is 0.466 e. The van der Waals surface area contributed by atoms with Gasteiger partial charge in [0.1, 0.15) is 5.60 Å². The van der Waals surface area contributed by atoms with Gasteiger partial charge in [0.05, 0.1) is 35.1 Å². The third-order valence-electron chi connectivity index (χ3n) is 8.20. The molecule has 0 aliphatic carbocycles. The lowest BCUT2D eigenvalue weighted by atomic mass is 9.80. The van der Waals surface area contributed by atoms with Crippen LogP contribution in [0.2, 0.25) is 0 Å². The molecule has 2 aliphatic rings. The Balaban J connectivity index is 1.47. The second-order valence-electron chi connectivity index (χ2n) is 11.3. The van der Waals surface area contributed by atoms with Gasteiger partial charge in [-0.05, 0) is 37.5 Å². The van der Waals surface area contributed by atoms with Crippen molar-refractivity contribution in [2.24, 2.45) is 0 Å². The summed E-state index contributed by atoms with van der Waals surface area (Å²) < 4.78 is 11.4. The van der Waals surface area contributed by atoms with Crippen LogP contribution in [0.15, 0.2) is 107 Å². The number of hydrogen-bond acceptors (Lipinski definition) is 8. The minimum Gasteiger partial charge on any atom is -0.466 e. The van der Waals surface area contributed by atoms with Gasteiger partial charge >= 0.3 is 11.9 Å². The molecule has 222 valence electrons. The predicted octanol–water partition coefficient (Wildman–Crippen LogP) is 5.80. The molecule has 1 N–H and O–H groups in total. The number of dihydropyridines is 1. The van der Waals surface area contributed by atoms with Gasteiger partial charge in [0.25, 0.3) is 5.69 Å². The summed E-state index contributed by atoms with van der Waals surface area (Å²) in [5, 5.41) is 14.7. The molecule has 1 saturated heterocycles. The zero-order valence-corrected chi connectivity index (χ0v) is 24.7. The number of allylic oxidation sites excluding steroid dienone is 2. The fourth-order valence-electron chi connectivity index (χ4n) is 6.23. The molecule has 2 atom stereocenters. The summed E-state index contributed by atoms with van der Waals surface area (Å²) in [4.78, 5) is 40.5. The maximum Gasteiger partial charge on any atom is 0.337 e. The van der Waals surface area contributed by atoms with E-state index in [0.717, 1.165) is 11.1 Å². The third kappa shape index (κ3) is 6.08. The predicted molar refractivity (Wildman–Crippen MR) is 162 cm³/mol. The minimum absolute atomic E-state index is 0.0191. The van der Waals surface area contributed by atoms with Gasteiger partial charge in [-0.1, -0.05) is 72.8 Å². The number of esters is 2. The summed E-state index contributed by atoms with van der Waals surface area (Å²) in [6.45, 7) is 6.57. The summed E-state index contributed by atoms with van der Waals surface area (Å²) in [6, 6.07) is 26.4. The number of hydrogen-bond donors (Lipinski definition) is 1. The van der Waals surface area contributed by atoms with Gasteiger partial charge in [0, 0.05) is 43.0 Å². The van der Waals surface area contributed by atoms with Crippen molar-refractivity contribution in [2.45, 2.75) is 44.8 Å². The lowest BCUT2D eigenvalue weighted by Gasteiger charge is -2.34. The third-order valence-corrected chi connectivity index (χ3v) is 8.20. The highest BCUT2D eigenvalue weighted by atomic mass is 16.6. The van der Waals surface area contributed by atoms with Crippen molar-refractivity contribution in [1.29, 1.82) is 0 Å². The van der Waals surface area contributed by atoms with E-state index < -0.39 is 28.4 Å². The molecule has 9 nitrogen and oxygen atoms in total. The summed E-state index contributed by atoms with van der Waals surface area (Å²) >= 11 is 0. The number of non-ortho nitro benzene ring substituents is 1. The van der Waals surface area contributed by atoms with Crippen molar-refractivity contribution in [3.8, 4) is 0 Å². The number of nitro groups is 1. The monoisotopic (exact) mass is 581 g/mol. The molecular formula is C34H35N3O6. The van der Waals surface area contributed by atoms with Crippen LogP contribution >= 0.6 is 0 Å². The van der Waals surface area contributed by atoms with Gasteiger partial charge in [-0.25, -0.2) is 9.59 Å². The number of nitrogens with one attached hydrogen (secondary N) is 1. The normalized spacial score (nSPS) is 20.6. The van der Waals surface area contributed by atoms with Crippen LogP contribution in [0.3, 0.4) is 0 Å². The molecule has 0 aromatic heterocycles. The first-order valence-electron chi connectivity index (χ1n) is 14.2. The number of benzene rings is 3. The Morgan fingerprint density at radius 3 is 2.07 bits per heavy atom. The Labute approximate surface area is 251 Å². The maximum absolute atomic E-state index is 14.1. The van der Waals surface area contributed by atoms with E-state index in [1.54, 1.807) is 26.0 Å². The molecule has 0 radical (unpaired) electrons. The summed E-state index contributed by atoms with van der Waals surface area (Å²) in [7, 11) is 1.26. The number of nitro benzene ring substituents is 1. The highest BCUT2D eigenvalue weighted by Gasteiger charge is 2.44. The number of carbonyl (C=O) groups is 2. The Kier molecular flexibility index (Phi) is 8.45. The van der Waals surface area contributed by atoms with Crippen LogP contribution in [-0.4, -0.2) is 47.6 Å². The van der Waals surface area contributed by atoms with Crippen LogP contribution in [-0.2, 0) is 19.1 Å². The minimum atomic E-state index is -0.913. The van der Waals surface area contributed by atoms with Gasteiger partial charge in [-0.2, -0.15) is 0 Å². The van der Waals surface area contributed by atoms with Crippen molar-refractivity contribution < 1.29 is 24.0 Å². The van der Waals surface area contributed by atoms with Crippen molar-refractivity contribution in [3.05, 3.63) is 134 Å². The van der Waals surface area contributed by atoms with Gasteiger partial charge in [-0.3, -0.25) is 15.0 Å². The van der Waals surface area contributed by atoms with Crippen LogP contribution in [0, 0.1) is 10.1 Å². The molecule has 0 bridgehead atoms. The molecule has 0 saturated carbocycles. The molecule has 3 aromatic carbocycles. The van der Waals surface area contributed by atoms with Crippen LogP contribution in [0.5, 0.6) is 0 Å². The van der Waals surface area contributed by atoms with Gasteiger partial charge in [-0.15, -0.1) is 0 Å². The Morgan fingerprint density at radius 2 is 1.51 bits per heavy atom. The van der Waals surface area contributed by atoms with Crippen LogP contribution in [0.4, 0.5) is 5.69 Å². The molecule has 0 spiro atoms. The zero-order chi connectivity index (χ0) is 30.7. The highest BCUT2D eigenvalue weighted by Crippen LogP contribution is 2.42. The number of methoxy groups -OCH3 is 1. The lowest BCUT2D eigenvalue weighted by molar-refractivity contribution is -0.384. The Hall–Kier alpha value is -4.76. The smallest absolute Gasteiger partial charge is 0.337 e.